The molecule has 0 aliphatic carbocycles. The van der Waals surface area contributed by atoms with Gasteiger partial charge in [0.15, 0.2) is 0 Å². The first kappa shape index (κ1) is 21.8. The molecule has 2 aromatic rings. The van der Waals surface area contributed by atoms with Gasteiger partial charge in [-0.3, -0.25) is 4.79 Å². The predicted octanol–water partition coefficient (Wildman–Crippen LogP) is 4.35. The second-order valence-electron chi connectivity index (χ2n) is 7.08. The maximum absolute atomic E-state index is 12.5. The van der Waals surface area contributed by atoms with Crippen molar-refractivity contribution in [2.75, 3.05) is 20.3 Å². The summed E-state index contributed by atoms with van der Waals surface area (Å²) in [6.45, 7) is 11.4. The monoisotopic (exact) mass is 385 g/mol. The normalized spacial score (nSPS) is 11.8. The van der Waals surface area contributed by atoms with Gasteiger partial charge in [0.25, 0.3) is 5.91 Å². The Kier molecular flexibility index (Phi) is 7.88. The molecule has 0 aromatic heterocycles. The fourth-order valence-corrected chi connectivity index (χ4v) is 3.03. The fraction of sp³-hybridized carbons (Fsp3) is 0.435. The van der Waals surface area contributed by atoms with E-state index in [0.29, 0.717) is 25.4 Å². The van der Waals surface area contributed by atoms with Crippen LogP contribution < -0.4 is 14.8 Å². The average Bonchev–Trinajstić information content (AvgIpc) is 2.64. The van der Waals surface area contributed by atoms with Crippen molar-refractivity contribution in [3.05, 3.63) is 58.1 Å². The summed E-state index contributed by atoms with van der Waals surface area (Å²) in [6.07, 6.45) is 0. The molecule has 0 fully saturated rings. The van der Waals surface area contributed by atoms with Gasteiger partial charge in [0, 0.05) is 24.3 Å². The lowest BCUT2D eigenvalue weighted by atomic mass is 10.1. The highest BCUT2D eigenvalue weighted by Crippen LogP contribution is 2.27. The zero-order chi connectivity index (χ0) is 20.7. The third kappa shape index (κ3) is 5.73. The second-order valence-corrected chi connectivity index (χ2v) is 7.08. The zero-order valence-corrected chi connectivity index (χ0v) is 17.7. The molecule has 0 radical (unpaired) electrons. The van der Waals surface area contributed by atoms with Crippen molar-refractivity contribution in [1.82, 2.24) is 5.32 Å². The lowest BCUT2D eigenvalue weighted by molar-refractivity contribution is 0.0905. The smallest absolute Gasteiger partial charge is 0.251 e. The number of ether oxygens (including phenoxy) is 3. The quantitative estimate of drug-likeness (QED) is 0.697. The van der Waals surface area contributed by atoms with E-state index in [9.17, 15) is 4.79 Å². The van der Waals surface area contributed by atoms with Crippen molar-refractivity contribution in [1.29, 1.82) is 0 Å². The lowest BCUT2D eigenvalue weighted by Gasteiger charge is -2.17. The first-order chi connectivity index (χ1) is 13.3. The van der Waals surface area contributed by atoms with Gasteiger partial charge >= 0.3 is 0 Å². The molecule has 0 aliphatic heterocycles. The van der Waals surface area contributed by atoms with Crippen molar-refractivity contribution in [2.24, 2.45) is 0 Å². The van der Waals surface area contributed by atoms with Crippen molar-refractivity contribution >= 4 is 5.91 Å². The van der Waals surface area contributed by atoms with Crippen molar-refractivity contribution in [3.63, 3.8) is 0 Å². The zero-order valence-electron chi connectivity index (χ0n) is 17.7. The summed E-state index contributed by atoms with van der Waals surface area (Å²) in [6, 6.07) is 9.53. The molecule has 1 atom stereocenters. The number of amides is 1. The summed E-state index contributed by atoms with van der Waals surface area (Å²) in [4.78, 5) is 12.5. The van der Waals surface area contributed by atoms with Crippen LogP contribution in [0.1, 0.15) is 46.5 Å². The third-order valence-corrected chi connectivity index (χ3v) is 4.56. The van der Waals surface area contributed by atoms with Gasteiger partial charge in [0.1, 0.15) is 18.1 Å². The van der Waals surface area contributed by atoms with E-state index in [-0.39, 0.29) is 11.9 Å². The Bertz CT molecular complexity index is 816. The highest BCUT2D eigenvalue weighted by Gasteiger charge is 2.14. The largest absolute Gasteiger partial charge is 0.493 e. The Labute approximate surface area is 168 Å². The van der Waals surface area contributed by atoms with Gasteiger partial charge in [0.05, 0.1) is 13.2 Å². The van der Waals surface area contributed by atoms with E-state index < -0.39 is 0 Å². The Balaban J connectivity index is 2.22. The van der Waals surface area contributed by atoms with E-state index in [2.05, 4.69) is 32.2 Å². The van der Waals surface area contributed by atoms with Crippen LogP contribution in [-0.2, 0) is 11.3 Å². The van der Waals surface area contributed by atoms with Crippen LogP contribution in [0.4, 0.5) is 0 Å². The second kappa shape index (κ2) is 10.1. The maximum Gasteiger partial charge on any atom is 0.251 e. The molecular weight excluding hydrogens is 354 g/mol. The number of hydrogen-bond acceptors (Lipinski definition) is 4. The standard InChI is InChI=1S/C23H31NO4/c1-7-27-21-9-8-19(23(25)24-17(4)13-26-6)12-20(21)14-28-22-11-15(2)10-16(3)18(22)5/h8-12,17H,7,13-14H2,1-6H3,(H,24,25)/t17-/m1/s1. The van der Waals surface area contributed by atoms with E-state index >= 15 is 0 Å². The minimum absolute atomic E-state index is 0.0679. The summed E-state index contributed by atoms with van der Waals surface area (Å²) >= 11 is 0. The lowest BCUT2D eigenvalue weighted by Crippen LogP contribution is -2.35. The summed E-state index contributed by atoms with van der Waals surface area (Å²) in [7, 11) is 1.62. The minimum Gasteiger partial charge on any atom is -0.493 e. The van der Waals surface area contributed by atoms with Gasteiger partial charge in [-0.2, -0.15) is 0 Å². The van der Waals surface area contributed by atoms with Crippen LogP contribution in [-0.4, -0.2) is 32.3 Å². The van der Waals surface area contributed by atoms with Crippen LogP contribution in [0.15, 0.2) is 30.3 Å². The summed E-state index contributed by atoms with van der Waals surface area (Å²) in [5.74, 6) is 1.44. The molecule has 2 rings (SSSR count). The highest BCUT2D eigenvalue weighted by molar-refractivity contribution is 5.94. The Hall–Kier alpha value is -2.53. The molecule has 5 nitrogen and oxygen atoms in total. The fourth-order valence-electron chi connectivity index (χ4n) is 3.03. The van der Waals surface area contributed by atoms with Gasteiger partial charge in [-0.05, 0) is 75.6 Å². The number of hydrogen-bond donors (Lipinski definition) is 1. The molecule has 152 valence electrons. The molecule has 0 bridgehead atoms. The van der Waals surface area contributed by atoms with E-state index in [1.165, 1.54) is 5.56 Å². The third-order valence-electron chi connectivity index (χ3n) is 4.56. The maximum atomic E-state index is 12.5. The van der Waals surface area contributed by atoms with E-state index in [1.807, 2.05) is 32.0 Å². The number of carbonyl (C=O) groups excluding carboxylic acids is 1. The number of aryl methyl sites for hydroxylation is 2. The Morgan fingerprint density at radius 3 is 2.50 bits per heavy atom. The van der Waals surface area contributed by atoms with Gasteiger partial charge in [0.2, 0.25) is 0 Å². The van der Waals surface area contributed by atoms with Crippen LogP contribution in [0.3, 0.4) is 0 Å². The molecule has 1 amide bonds. The number of nitrogens with one attached hydrogen (secondary N) is 1. The molecular formula is C23H31NO4. The van der Waals surface area contributed by atoms with E-state index in [1.54, 1.807) is 13.2 Å². The van der Waals surface area contributed by atoms with E-state index in [0.717, 1.165) is 28.2 Å². The first-order valence-electron chi connectivity index (χ1n) is 9.61. The summed E-state index contributed by atoms with van der Waals surface area (Å²) < 4.78 is 16.9. The molecule has 0 saturated carbocycles. The molecule has 2 aromatic carbocycles. The SMILES string of the molecule is CCOc1ccc(C(=O)N[C@H](C)COC)cc1COc1cc(C)cc(C)c1C. The van der Waals surface area contributed by atoms with Gasteiger partial charge < -0.3 is 19.5 Å². The molecule has 0 unspecified atom stereocenters. The molecule has 0 spiro atoms. The Morgan fingerprint density at radius 2 is 1.82 bits per heavy atom. The minimum atomic E-state index is -0.142. The molecule has 1 N–H and O–H groups in total. The Morgan fingerprint density at radius 1 is 1.07 bits per heavy atom. The first-order valence-corrected chi connectivity index (χ1v) is 9.61. The molecule has 0 saturated heterocycles. The average molecular weight is 386 g/mol. The van der Waals surface area contributed by atoms with Crippen LogP contribution in [0.25, 0.3) is 0 Å². The number of rotatable bonds is 9. The molecule has 0 aliphatic rings. The van der Waals surface area contributed by atoms with Crippen LogP contribution in [0.5, 0.6) is 11.5 Å². The molecule has 28 heavy (non-hydrogen) atoms. The van der Waals surface area contributed by atoms with Crippen LogP contribution in [0.2, 0.25) is 0 Å². The number of carbonyl (C=O) groups is 1. The highest BCUT2D eigenvalue weighted by atomic mass is 16.5. The number of methoxy groups -OCH3 is 1. The summed E-state index contributed by atoms with van der Waals surface area (Å²) in [5.41, 5.74) is 4.88. The van der Waals surface area contributed by atoms with Crippen LogP contribution >= 0.6 is 0 Å². The molecule has 0 heterocycles. The predicted molar refractivity (Wildman–Crippen MR) is 111 cm³/mol. The van der Waals surface area contributed by atoms with Crippen LogP contribution in [0, 0.1) is 20.8 Å². The van der Waals surface area contributed by atoms with Gasteiger partial charge in [-0.15, -0.1) is 0 Å². The van der Waals surface area contributed by atoms with Gasteiger partial charge in [-0.25, -0.2) is 0 Å². The van der Waals surface area contributed by atoms with Crippen molar-refractivity contribution < 1.29 is 19.0 Å². The number of benzene rings is 2. The van der Waals surface area contributed by atoms with Crippen molar-refractivity contribution in [2.45, 2.75) is 47.3 Å². The topological polar surface area (TPSA) is 56.8 Å². The summed E-state index contributed by atoms with van der Waals surface area (Å²) in [5, 5.41) is 2.93. The van der Waals surface area contributed by atoms with Crippen molar-refractivity contribution in [3.8, 4) is 11.5 Å². The molecule has 5 heteroatoms. The van der Waals surface area contributed by atoms with Gasteiger partial charge in [-0.1, -0.05) is 6.07 Å². The van der Waals surface area contributed by atoms with E-state index in [4.69, 9.17) is 14.2 Å².